The summed E-state index contributed by atoms with van der Waals surface area (Å²) in [6, 6.07) is 18.9. The van der Waals surface area contributed by atoms with Gasteiger partial charge in [-0.15, -0.1) is 0 Å². The van der Waals surface area contributed by atoms with Crippen LogP contribution in [0.4, 0.5) is 30.2 Å². The van der Waals surface area contributed by atoms with Gasteiger partial charge in [0.25, 0.3) is 5.91 Å². The standard InChI is InChI=1S/C34H38F3N3O/c1-5-6-10-23(2)30-21-27(15-16-31(30)38-29-13-9-12-28(35)22-29)33(41)39-19-17-26(18-20-39)25(4)40(34(36)37)32-14-8-7-11-24(32)3/h7-16,21-22,26,34,38H,4-6,17-20H2,1-3H3/b23-10-. The number of piperidine rings is 1. The number of halogens is 3. The summed E-state index contributed by atoms with van der Waals surface area (Å²) in [7, 11) is 0. The van der Waals surface area contributed by atoms with Gasteiger partial charge in [0.15, 0.2) is 0 Å². The molecule has 0 bridgehead atoms. The minimum Gasteiger partial charge on any atom is -0.355 e. The van der Waals surface area contributed by atoms with Crippen LogP contribution in [-0.2, 0) is 0 Å². The van der Waals surface area contributed by atoms with Gasteiger partial charge in [-0.3, -0.25) is 9.69 Å². The summed E-state index contributed by atoms with van der Waals surface area (Å²) in [5.74, 6) is -0.580. The molecule has 3 aromatic carbocycles. The number of nitrogens with zero attached hydrogens (tertiary/aromatic N) is 2. The zero-order valence-corrected chi connectivity index (χ0v) is 24.0. The van der Waals surface area contributed by atoms with E-state index in [1.807, 2.05) is 38.1 Å². The SMILES string of the molecule is C=C(C1CCN(C(=O)c2ccc(Nc3cccc(F)c3)c(/C(C)=C\CCC)c2)CC1)N(c1ccccc1C)C(F)F. The highest BCUT2D eigenvalue weighted by atomic mass is 19.3. The third-order valence-electron chi connectivity index (χ3n) is 7.67. The average molecular weight is 562 g/mol. The van der Waals surface area contributed by atoms with Gasteiger partial charge >= 0.3 is 6.55 Å². The fourth-order valence-corrected chi connectivity index (χ4v) is 5.32. The van der Waals surface area contributed by atoms with Gasteiger partial charge < -0.3 is 10.2 Å². The van der Waals surface area contributed by atoms with E-state index in [2.05, 4.69) is 24.9 Å². The molecule has 1 amide bonds. The number of nitrogens with one attached hydrogen (secondary N) is 1. The van der Waals surface area contributed by atoms with Crippen LogP contribution in [0.5, 0.6) is 0 Å². The average Bonchev–Trinajstić information content (AvgIpc) is 2.96. The number of hydrogen-bond acceptors (Lipinski definition) is 3. The molecule has 1 saturated heterocycles. The first kappa shape index (κ1) is 30.0. The molecule has 1 fully saturated rings. The van der Waals surface area contributed by atoms with E-state index in [0.717, 1.165) is 40.1 Å². The van der Waals surface area contributed by atoms with Gasteiger partial charge in [0, 0.05) is 52.9 Å². The van der Waals surface area contributed by atoms with E-state index in [9.17, 15) is 18.0 Å². The number of para-hydroxylation sites is 1. The van der Waals surface area contributed by atoms with Crippen molar-refractivity contribution in [2.45, 2.75) is 53.0 Å². The highest BCUT2D eigenvalue weighted by Crippen LogP contribution is 2.35. The fourth-order valence-electron chi connectivity index (χ4n) is 5.32. The van der Waals surface area contributed by atoms with E-state index >= 15 is 0 Å². The van der Waals surface area contributed by atoms with Gasteiger partial charge in [0.2, 0.25) is 0 Å². The summed E-state index contributed by atoms with van der Waals surface area (Å²) < 4.78 is 42.1. The lowest BCUT2D eigenvalue weighted by Gasteiger charge is -2.37. The quantitative estimate of drug-likeness (QED) is 0.251. The molecular formula is C34H38F3N3O. The Labute approximate surface area is 241 Å². The molecular weight excluding hydrogens is 523 g/mol. The molecule has 216 valence electrons. The normalized spacial score (nSPS) is 14.3. The molecule has 1 aliphatic heterocycles. The van der Waals surface area contributed by atoms with Crippen LogP contribution in [0.1, 0.15) is 61.0 Å². The highest BCUT2D eigenvalue weighted by molar-refractivity contribution is 5.96. The van der Waals surface area contributed by atoms with Crippen LogP contribution in [0.2, 0.25) is 0 Å². The molecule has 0 saturated carbocycles. The lowest BCUT2D eigenvalue weighted by Crippen LogP contribution is -2.41. The van der Waals surface area contributed by atoms with Crippen molar-refractivity contribution in [3.8, 4) is 0 Å². The third kappa shape index (κ3) is 7.20. The minimum absolute atomic E-state index is 0.0967. The van der Waals surface area contributed by atoms with Crippen LogP contribution < -0.4 is 10.2 Å². The number of hydrogen-bond donors (Lipinski definition) is 1. The number of alkyl halides is 2. The molecule has 1 aliphatic rings. The number of aryl methyl sites for hydroxylation is 1. The molecule has 0 unspecified atom stereocenters. The topological polar surface area (TPSA) is 35.6 Å². The van der Waals surface area contributed by atoms with Crippen molar-refractivity contribution in [1.82, 2.24) is 4.90 Å². The Balaban J connectivity index is 1.50. The Hall–Kier alpha value is -4.00. The molecule has 1 heterocycles. The smallest absolute Gasteiger partial charge is 0.319 e. The first-order valence-corrected chi connectivity index (χ1v) is 14.1. The Morgan fingerprint density at radius 1 is 1.10 bits per heavy atom. The second-order valence-corrected chi connectivity index (χ2v) is 10.6. The summed E-state index contributed by atoms with van der Waals surface area (Å²) in [5, 5.41) is 3.29. The summed E-state index contributed by atoms with van der Waals surface area (Å²) in [6.45, 7) is 8.19. The van der Waals surface area contributed by atoms with Crippen molar-refractivity contribution < 1.29 is 18.0 Å². The Morgan fingerprint density at radius 3 is 2.49 bits per heavy atom. The van der Waals surface area contributed by atoms with E-state index in [4.69, 9.17) is 0 Å². The van der Waals surface area contributed by atoms with E-state index < -0.39 is 6.55 Å². The minimum atomic E-state index is -2.70. The van der Waals surface area contributed by atoms with Crippen LogP contribution in [0.15, 0.2) is 85.1 Å². The predicted octanol–water partition coefficient (Wildman–Crippen LogP) is 9.18. The monoisotopic (exact) mass is 561 g/mol. The van der Waals surface area contributed by atoms with Crippen molar-refractivity contribution in [2.24, 2.45) is 5.92 Å². The van der Waals surface area contributed by atoms with E-state index in [1.54, 1.807) is 35.2 Å². The van der Waals surface area contributed by atoms with Crippen LogP contribution in [0.3, 0.4) is 0 Å². The highest BCUT2D eigenvalue weighted by Gasteiger charge is 2.31. The van der Waals surface area contributed by atoms with E-state index in [-0.39, 0.29) is 17.6 Å². The Morgan fingerprint density at radius 2 is 1.83 bits per heavy atom. The zero-order valence-electron chi connectivity index (χ0n) is 24.0. The summed E-state index contributed by atoms with van der Waals surface area (Å²) in [4.78, 5) is 16.4. The van der Waals surface area contributed by atoms with Gasteiger partial charge in [0.1, 0.15) is 5.82 Å². The largest absolute Gasteiger partial charge is 0.355 e. The Kier molecular flexibility index (Phi) is 9.92. The van der Waals surface area contributed by atoms with Crippen LogP contribution in [-0.4, -0.2) is 30.4 Å². The lowest BCUT2D eigenvalue weighted by atomic mass is 9.92. The molecule has 4 rings (SSSR count). The predicted molar refractivity (Wildman–Crippen MR) is 162 cm³/mol. The molecule has 0 radical (unpaired) electrons. The molecule has 3 aromatic rings. The number of likely N-dealkylation sites (tertiary alicyclic amines) is 1. The number of amides is 1. The van der Waals surface area contributed by atoms with Crippen LogP contribution in [0.25, 0.3) is 5.57 Å². The third-order valence-corrected chi connectivity index (χ3v) is 7.67. The summed E-state index contributed by atoms with van der Waals surface area (Å²) in [5.41, 5.74) is 5.47. The van der Waals surface area contributed by atoms with Crippen molar-refractivity contribution in [3.05, 3.63) is 108 Å². The number of rotatable bonds is 10. The summed E-state index contributed by atoms with van der Waals surface area (Å²) >= 11 is 0. The first-order valence-electron chi connectivity index (χ1n) is 14.1. The fraction of sp³-hybridized carbons (Fsp3) is 0.324. The van der Waals surface area contributed by atoms with Crippen LogP contribution in [0, 0.1) is 18.7 Å². The molecule has 0 atom stereocenters. The van der Waals surface area contributed by atoms with Crippen molar-refractivity contribution >= 4 is 28.5 Å². The number of allylic oxidation sites excluding steroid dienone is 3. The molecule has 41 heavy (non-hydrogen) atoms. The molecule has 7 heteroatoms. The molecule has 0 aliphatic carbocycles. The summed E-state index contributed by atoms with van der Waals surface area (Å²) in [6.07, 6.45) is 5.15. The number of anilines is 3. The van der Waals surface area contributed by atoms with Crippen molar-refractivity contribution in [2.75, 3.05) is 23.3 Å². The maximum absolute atomic E-state index is 14.1. The second-order valence-electron chi connectivity index (χ2n) is 10.6. The number of carbonyl (C=O) groups excluding carboxylic acids is 1. The van der Waals surface area contributed by atoms with Gasteiger partial charge in [-0.05, 0) is 86.7 Å². The van der Waals surface area contributed by atoms with Gasteiger partial charge in [-0.1, -0.05) is 50.3 Å². The number of carbonyl (C=O) groups is 1. The zero-order chi connectivity index (χ0) is 29.5. The van der Waals surface area contributed by atoms with E-state index in [1.165, 1.54) is 12.1 Å². The van der Waals surface area contributed by atoms with Crippen molar-refractivity contribution in [3.63, 3.8) is 0 Å². The van der Waals surface area contributed by atoms with Crippen molar-refractivity contribution in [1.29, 1.82) is 0 Å². The molecule has 0 aromatic heterocycles. The second kappa shape index (κ2) is 13.6. The van der Waals surface area contributed by atoms with Gasteiger partial charge in [-0.2, -0.15) is 8.78 Å². The van der Waals surface area contributed by atoms with Gasteiger partial charge in [0.05, 0.1) is 0 Å². The molecule has 1 N–H and O–H groups in total. The molecule has 0 spiro atoms. The Bertz CT molecular complexity index is 1410. The maximum atomic E-state index is 14.1. The van der Waals surface area contributed by atoms with E-state index in [0.29, 0.717) is 48.6 Å². The first-order chi connectivity index (χ1) is 19.7. The lowest BCUT2D eigenvalue weighted by molar-refractivity contribution is 0.0695. The maximum Gasteiger partial charge on any atom is 0.319 e. The van der Waals surface area contributed by atoms with Gasteiger partial charge in [-0.25, -0.2) is 4.39 Å². The molecule has 4 nitrogen and oxygen atoms in total. The number of unbranched alkanes of at least 4 members (excludes halogenated alkanes) is 1. The number of benzene rings is 3. The van der Waals surface area contributed by atoms with Crippen LogP contribution >= 0.6 is 0 Å².